The molecule has 0 N–H and O–H groups in total. The van der Waals surface area contributed by atoms with Crippen LogP contribution in [0.15, 0.2) is 36.4 Å². The lowest BCUT2D eigenvalue weighted by Crippen LogP contribution is -2.42. The van der Waals surface area contributed by atoms with Gasteiger partial charge in [-0.1, -0.05) is 83.6 Å². The van der Waals surface area contributed by atoms with Crippen molar-refractivity contribution in [2.75, 3.05) is 14.2 Å². The van der Waals surface area contributed by atoms with Crippen LogP contribution in [0.4, 0.5) is 0 Å². The number of hydrogen-bond donors (Lipinski definition) is 0. The molecular weight excluding hydrogens is 334 g/mol. The molecule has 1 aromatic heterocycles. The maximum Gasteiger partial charge on any atom is 0.214 e. The van der Waals surface area contributed by atoms with E-state index in [0.29, 0.717) is 5.92 Å². The number of hydrogen-bond acceptors (Lipinski definition) is 3. The van der Waals surface area contributed by atoms with Crippen LogP contribution in [0.3, 0.4) is 0 Å². The molecule has 3 nitrogen and oxygen atoms in total. The molecule has 0 bridgehead atoms. The van der Waals surface area contributed by atoms with Crippen LogP contribution in [0, 0.1) is 11.8 Å². The number of benzene rings is 1. The van der Waals surface area contributed by atoms with Gasteiger partial charge >= 0.3 is 0 Å². The third-order valence-corrected chi connectivity index (χ3v) is 5.72. The molecule has 2 aromatic rings. The summed E-state index contributed by atoms with van der Waals surface area (Å²) in [7, 11) is 3.49. The van der Waals surface area contributed by atoms with Gasteiger partial charge in [0.2, 0.25) is 5.79 Å². The smallest absolute Gasteiger partial charge is 0.214 e. The Morgan fingerprint density at radius 1 is 0.889 bits per heavy atom. The van der Waals surface area contributed by atoms with E-state index in [4.69, 9.17) is 14.5 Å². The first-order valence-corrected chi connectivity index (χ1v) is 10.6. The first-order chi connectivity index (χ1) is 13.1. The summed E-state index contributed by atoms with van der Waals surface area (Å²) in [6.07, 6.45) is 8.86. The quantitative estimate of drug-likeness (QED) is 0.307. The molecule has 2 rings (SSSR count). The van der Waals surface area contributed by atoms with Crippen LogP contribution in [0.1, 0.15) is 71.4 Å². The first kappa shape index (κ1) is 21.8. The largest absolute Gasteiger partial charge is 0.348 e. The van der Waals surface area contributed by atoms with Crippen molar-refractivity contribution in [3.05, 3.63) is 42.1 Å². The van der Waals surface area contributed by atoms with Crippen molar-refractivity contribution in [1.29, 1.82) is 0 Å². The monoisotopic (exact) mass is 371 g/mol. The van der Waals surface area contributed by atoms with E-state index < -0.39 is 5.79 Å². The van der Waals surface area contributed by atoms with Crippen LogP contribution in [0.5, 0.6) is 0 Å². The zero-order valence-corrected chi connectivity index (χ0v) is 17.8. The minimum absolute atomic E-state index is 0.257. The lowest BCUT2D eigenvalue weighted by Gasteiger charge is -2.40. The number of fused-ring (bicyclic) bond motifs is 1. The van der Waals surface area contributed by atoms with Gasteiger partial charge in [-0.2, -0.15) is 0 Å². The van der Waals surface area contributed by atoms with E-state index in [9.17, 15) is 0 Å². The fourth-order valence-corrected chi connectivity index (χ4v) is 4.15. The Morgan fingerprint density at radius 3 is 2.22 bits per heavy atom. The van der Waals surface area contributed by atoms with E-state index in [1.165, 1.54) is 38.5 Å². The molecule has 0 amide bonds. The maximum atomic E-state index is 6.06. The highest BCUT2D eigenvalue weighted by Gasteiger charge is 2.43. The van der Waals surface area contributed by atoms with Gasteiger partial charge in [0.15, 0.2) is 0 Å². The number of nitrogens with zero attached hydrogens (tertiary/aromatic N) is 1. The summed E-state index contributed by atoms with van der Waals surface area (Å²) >= 11 is 0. The maximum absolute atomic E-state index is 6.06. The Labute approximate surface area is 165 Å². The molecule has 0 radical (unpaired) electrons. The molecule has 0 spiro atoms. The highest BCUT2D eigenvalue weighted by molar-refractivity contribution is 5.78. The van der Waals surface area contributed by atoms with Crippen LogP contribution >= 0.6 is 0 Å². The number of rotatable bonds is 12. The molecule has 0 fully saturated rings. The van der Waals surface area contributed by atoms with E-state index in [-0.39, 0.29) is 5.92 Å². The summed E-state index contributed by atoms with van der Waals surface area (Å²) in [6.45, 7) is 6.78. The van der Waals surface area contributed by atoms with Gasteiger partial charge < -0.3 is 9.47 Å². The van der Waals surface area contributed by atoms with Crippen molar-refractivity contribution >= 4 is 10.9 Å². The number of pyridine rings is 1. The highest BCUT2D eigenvalue weighted by Crippen LogP contribution is 2.41. The minimum atomic E-state index is -0.804. The van der Waals surface area contributed by atoms with Crippen molar-refractivity contribution < 1.29 is 9.47 Å². The van der Waals surface area contributed by atoms with Gasteiger partial charge in [0.25, 0.3) is 0 Å². The summed E-state index contributed by atoms with van der Waals surface area (Å²) < 4.78 is 12.1. The van der Waals surface area contributed by atoms with Crippen molar-refractivity contribution in [3.63, 3.8) is 0 Å². The van der Waals surface area contributed by atoms with Gasteiger partial charge in [0, 0.05) is 25.5 Å². The van der Waals surface area contributed by atoms with Gasteiger partial charge in [0.05, 0.1) is 5.52 Å². The van der Waals surface area contributed by atoms with E-state index in [1.807, 2.05) is 18.2 Å². The van der Waals surface area contributed by atoms with Crippen molar-refractivity contribution in [2.24, 2.45) is 11.8 Å². The third-order valence-electron chi connectivity index (χ3n) is 5.72. The standard InChI is InChI=1S/C24H37NO2/c1-6-7-8-9-10-11-15-21(19(2)3)24(26-4,27-5)23-18-17-20-14-12-13-16-22(20)25-23/h12-14,16-19,21H,6-11,15H2,1-5H3. The third kappa shape index (κ3) is 5.30. The normalized spacial score (nSPS) is 13.4. The molecule has 0 aliphatic heterocycles. The molecular formula is C24H37NO2. The molecule has 150 valence electrons. The number of aromatic nitrogens is 1. The molecule has 1 atom stereocenters. The lowest BCUT2D eigenvalue weighted by atomic mass is 9.81. The summed E-state index contributed by atoms with van der Waals surface area (Å²) in [5, 5.41) is 1.14. The number of para-hydroxylation sites is 1. The number of methoxy groups -OCH3 is 2. The molecule has 0 saturated heterocycles. The van der Waals surface area contributed by atoms with Crippen LogP contribution in [0.25, 0.3) is 10.9 Å². The Kier molecular flexibility index (Phi) is 8.72. The van der Waals surface area contributed by atoms with Crippen LogP contribution in [0.2, 0.25) is 0 Å². The highest BCUT2D eigenvalue weighted by atomic mass is 16.7. The predicted octanol–water partition coefficient (Wildman–Crippen LogP) is 6.70. The van der Waals surface area contributed by atoms with E-state index in [0.717, 1.165) is 23.0 Å². The second-order valence-corrected chi connectivity index (χ2v) is 7.87. The van der Waals surface area contributed by atoms with Crippen LogP contribution in [-0.4, -0.2) is 19.2 Å². The lowest BCUT2D eigenvalue weighted by molar-refractivity contribution is -0.262. The number of ether oxygens (including phenoxy) is 2. The molecule has 0 aliphatic carbocycles. The van der Waals surface area contributed by atoms with Crippen molar-refractivity contribution in [1.82, 2.24) is 4.98 Å². The Bertz CT molecular complexity index is 679. The molecule has 1 unspecified atom stereocenters. The average Bonchev–Trinajstić information content (AvgIpc) is 2.69. The van der Waals surface area contributed by atoms with E-state index in [2.05, 4.69) is 39.0 Å². The second kappa shape index (κ2) is 10.8. The van der Waals surface area contributed by atoms with Gasteiger partial charge in [0.1, 0.15) is 5.69 Å². The summed E-state index contributed by atoms with van der Waals surface area (Å²) in [4.78, 5) is 4.91. The SMILES string of the molecule is CCCCCCCCC(C(C)C)C(OC)(OC)c1ccc2ccccc2n1. The van der Waals surface area contributed by atoms with Gasteiger partial charge in [-0.3, -0.25) is 0 Å². The molecule has 0 saturated carbocycles. The van der Waals surface area contributed by atoms with Gasteiger partial charge in [-0.05, 0) is 24.5 Å². The molecule has 1 heterocycles. The van der Waals surface area contributed by atoms with Crippen LogP contribution < -0.4 is 0 Å². The fourth-order valence-electron chi connectivity index (χ4n) is 4.15. The predicted molar refractivity (Wildman–Crippen MR) is 114 cm³/mol. The fraction of sp³-hybridized carbons (Fsp3) is 0.625. The number of unbranched alkanes of at least 4 members (excludes halogenated alkanes) is 5. The summed E-state index contributed by atoms with van der Waals surface area (Å²) in [6, 6.07) is 12.4. The van der Waals surface area contributed by atoms with Crippen molar-refractivity contribution in [3.8, 4) is 0 Å². The summed E-state index contributed by atoms with van der Waals surface area (Å²) in [5.74, 6) is -0.108. The van der Waals surface area contributed by atoms with Crippen LogP contribution in [-0.2, 0) is 15.3 Å². The van der Waals surface area contributed by atoms with E-state index in [1.54, 1.807) is 14.2 Å². The topological polar surface area (TPSA) is 31.4 Å². The zero-order valence-electron chi connectivity index (χ0n) is 17.8. The van der Waals surface area contributed by atoms with Crippen molar-refractivity contribution in [2.45, 2.75) is 71.5 Å². The Balaban J connectivity index is 2.23. The first-order valence-electron chi connectivity index (χ1n) is 10.6. The Hall–Kier alpha value is -1.45. The van der Waals surface area contributed by atoms with Gasteiger partial charge in [-0.15, -0.1) is 0 Å². The zero-order chi connectivity index (χ0) is 19.7. The average molecular weight is 372 g/mol. The minimum Gasteiger partial charge on any atom is -0.348 e. The molecule has 1 aromatic carbocycles. The molecule has 3 heteroatoms. The molecule has 0 aliphatic rings. The Morgan fingerprint density at radius 2 is 1.56 bits per heavy atom. The van der Waals surface area contributed by atoms with E-state index >= 15 is 0 Å². The second-order valence-electron chi connectivity index (χ2n) is 7.87. The van der Waals surface area contributed by atoms with Gasteiger partial charge in [-0.25, -0.2) is 4.98 Å². The summed E-state index contributed by atoms with van der Waals surface area (Å²) in [5.41, 5.74) is 1.85. The molecule has 27 heavy (non-hydrogen) atoms.